The molecule has 9 heteroatoms. The van der Waals surface area contributed by atoms with Crippen LogP contribution in [0.2, 0.25) is 0 Å². The Morgan fingerprint density at radius 2 is 1.44 bits per heavy atom. The lowest BCUT2D eigenvalue weighted by molar-refractivity contribution is -0.155. The Kier molecular flexibility index (Phi) is 14.8. The molecule has 2 N–H and O–H groups in total. The second-order valence-electron chi connectivity index (χ2n) is 10.6. The summed E-state index contributed by atoms with van der Waals surface area (Å²) in [5, 5.41) is 0. The van der Waals surface area contributed by atoms with Gasteiger partial charge < -0.3 is 24.7 Å². The standard InChI is InChI=1S/C30H47NO8/c1-8-11-12-26(32)37-22(6)18-30(31,29(35)36-7)19-23-13-14-24(38-27(33)15-20(4)9-2)25(17-23)39-28(34)16-21(5)10-3/h13-14,17,20-22H,8-12,15-16,18-19,31H2,1-7H3/t20?,21?,22?,30-/m1/s1. The molecule has 0 fully saturated rings. The quantitative estimate of drug-likeness (QED) is 0.203. The van der Waals surface area contributed by atoms with Gasteiger partial charge in [-0.3, -0.25) is 19.2 Å². The van der Waals surface area contributed by atoms with Gasteiger partial charge in [0.1, 0.15) is 11.6 Å². The third-order valence-electron chi connectivity index (χ3n) is 6.71. The van der Waals surface area contributed by atoms with Crippen molar-refractivity contribution in [2.24, 2.45) is 17.6 Å². The molecule has 1 aromatic carbocycles. The third-order valence-corrected chi connectivity index (χ3v) is 6.71. The number of rotatable bonds is 17. The number of hydrogen-bond acceptors (Lipinski definition) is 9. The van der Waals surface area contributed by atoms with Crippen LogP contribution in [-0.4, -0.2) is 42.6 Å². The lowest BCUT2D eigenvalue weighted by Crippen LogP contribution is -2.53. The van der Waals surface area contributed by atoms with E-state index >= 15 is 0 Å². The van der Waals surface area contributed by atoms with E-state index in [1.807, 2.05) is 34.6 Å². The van der Waals surface area contributed by atoms with Crippen LogP contribution >= 0.6 is 0 Å². The minimum absolute atomic E-state index is 0.00747. The van der Waals surface area contributed by atoms with Crippen molar-refractivity contribution in [1.82, 2.24) is 0 Å². The molecule has 0 aliphatic carbocycles. The first-order chi connectivity index (χ1) is 18.4. The average Bonchev–Trinajstić information content (AvgIpc) is 2.87. The van der Waals surface area contributed by atoms with E-state index in [0.29, 0.717) is 18.4 Å². The maximum absolute atomic E-state index is 12.7. The van der Waals surface area contributed by atoms with Gasteiger partial charge in [0.15, 0.2) is 11.5 Å². The molecule has 220 valence electrons. The highest BCUT2D eigenvalue weighted by molar-refractivity contribution is 5.81. The van der Waals surface area contributed by atoms with Crippen LogP contribution in [0.5, 0.6) is 11.5 Å². The van der Waals surface area contributed by atoms with Crippen LogP contribution in [-0.2, 0) is 35.1 Å². The predicted molar refractivity (Wildman–Crippen MR) is 148 cm³/mol. The maximum atomic E-state index is 12.7. The fraction of sp³-hybridized carbons (Fsp3) is 0.667. The Hall–Kier alpha value is -2.94. The Labute approximate surface area is 233 Å². The topological polar surface area (TPSA) is 131 Å². The number of esters is 4. The van der Waals surface area contributed by atoms with Gasteiger partial charge in [0.05, 0.1) is 7.11 Å². The van der Waals surface area contributed by atoms with Crippen molar-refractivity contribution in [3.05, 3.63) is 23.8 Å². The molecule has 0 bridgehead atoms. The smallest absolute Gasteiger partial charge is 0.326 e. The summed E-state index contributed by atoms with van der Waals surface area (Å²) in [4.78, 5) is 49.9. The third kappa shape index (κ3) is 12.2. The maximum Gasteiger partial charge on any atom is 0.326 e. The van der Waals surface area contributed by atoms with Crippen molar-refractivity contribution in [2.75, 3.05) is 7.11 Å². The molecular weight excluding hydrogens is 502 g/mol. The number of benzene rings is 1. The van der Waals surface area contributed by atoms with Gasteiger partial charge in [0.2, 0.25) is 0 Å². The van der Waals surface area contributed by atoms with Crippen LogP contribution in [0.25, 0.3) is 0 Å². The molecule has 0 heterocycles. The Balaban J connectivity index is 3.24. The van der Waals surface area contributed by atoms with Crippen LogP contribution in [0.15, 0.2) is 18.2 Å². The summed E-state index contributed by atoms with van der Waals surface area (Å²) in [5.74, 6) is -1.46. The van der Waals surface area contributed by atoms with Crippen molar-refractivity contribution >= 4 is 23.9 Å². The van der Waals surface area contributed by atoms with Gasteiger partial charge in [-0.1, -0.05) is 59.9 Å². The molecule has 0 saturated heterocycles. The van der Waals surface area contributed by atoms with E-state index < -0.39 is 29.6 Å². The number of ether oxygens (including phenoxy) is 4. The molecule has 1 aromatic rings. The monoisotopic (exact) mass is 549 g/mol. The average molecular weight is 550 g/mol. The second-order valence-corrected chi connectivity index (χ2v) is 10.6. The Morgan fingerprint density at radius 1 is 0.872 bits per heavy atom. The van der Waals surface area contributed by atoms with Crippen molar-refractivity contribution in [2.45, 2.75) is 111 Å². The predicted octanol–water partition coefficient (Wildman–Crippen LogP) is 5.29. The molecule has 0 aliphatic rings. The van der Waals surface area contributed by atoms with E-state index in [4.69, 9.17) is 24.7 Å². The molecule has 0 radical (unpaired) electrons. The van der Waals surface area contributed by atoms with Crippen LogP contribution < -0.4 is 15.2 Å². The van der Waals surface area contributed by atoms with Gasteiger partial charge in [-0.15, -0.1) is 0 Å². The normalized spacial score (nSPS) is 14.9. The largest absolute Gasteiger partial charge is 0.468 e. The summed E-state index contributed by atoms with van der Waals surface area (Å²) in [6, 6.07) is 4.73. The highest BCUT2D eigenvalue weighted by atomic mass is 16.6. The fourth-order valence-corrected chi connectivity index (χ4v) is 3.97. The molecule has 0 aromatic heterocycles. The van der Waals surface area contributed by atoms with E-state index in [9.17, 15) is 19.2 Å². The van der Waals surface area contributed by atoms with Crippen LogP contribution in [0.3, 0.4) is 0 Å². The molecule has 1 rings (SSSR count). The highest BCUT2D eigenvalue weighted by Crippen LogP contribution is 2.32. The van der Waals surface area contributed by atoms with E-state index in [0.717, 1.165) is 19.3 Å². The number of hydrogen-bond donors (Lipinski definition) is 1. The minimum atomic E-state index is -1.52. The summed E-state index contributed by atoms with van der Waals surface area (Å²) >= 11 is 0. The second kappa shape index (κ2) is 16.9. The van der Waals surface area contributed by atoms with E-state index in [-0.39, 0.29) is 55.0 Å². The van der Waals surface area contributed by atoms with Crippen molar-refractivity contribution in [3.8, 4) is 11.5 Å². The van der Waals surface area contributed by atoms with Gasteiger partial charge in [-0.2, -0.15) is 0 Å². The molecule has 39 heavy (non-hydrogen) atoms. The summed E-state index contributed by atoms with van der Waals surface area (Å²) < 4.78 is 21.6. The van der Waals surface area contributed by atoms with E-state index in [1.165, 1.54) is 13.2 Å². The number of unbranched alkanes of at least 4 members (excludes halogenated alkanes) is 1. The minimum Gasteiger partial charge on any atom is -0.468 e. The number of methoxy groups -OCH3 is 1. The fourth-order valence-electron chi connectivity index (χ4n) is 3.97. The van der Waals surface area contributed by atoms with E-state index in [1.54, 1.807) is 19.1 Å². The van der Waals surface area contributed by atoms with Crippen LogP contribution in [0, 0.1) is 11.8 Å². The number of carbonyl (C=O) groups is 4. The highest BCUT2D eigenvalue weighted by Gasteiger charge is 2.38. The molecule has 4 atom stereocenters. The lowest BCUT2D eigenvalue weighted by atomic mass is 9.86. The van der Waals surface area contributed by atoms with Crippen molar-refractivity contribution in [3.63, 3.8) is 0 Å². The van der Waals surface area contributed by atoms with Gasteiger partial charge in [0, 0.05) is 32.1 Å². The Morgan fingerprint density at radius 3 is 1.95 bits per heavy atom. The summed E-state index contributed by atoms with van der Waals surface area (Å²) in [7, 11) is 1.24. The van der Waals surface area contributed by atoms with E-state index in [2.05, 4.69) is 0 Å². The summed E-state index contributed by atoms with van der Waals surface area (Å²) in [6.45, 7) is 11.5. The molecular formula is C30H47NO8. The number of nitrogens with two attached hydrogens (primary N) is 1. The molecule has 0 aliphatic heterocycles. The first-order valence-corrected chi connectivity index (χ1v) is 14.0. The zero-order valence-electron chi connectivity index (χ0n) is 24.7. The van der Waals surface area contributed by atoms with Crippen molar-refractivity contribution < 1.29 is 38.1 Å². The van der Waals surface area contributed by atoms with Crippen molar-refractivity contribution in [1.29, 1.82) is 0 Å². The first kappa shape index (κ1) is 34.1. The summed E-state index contributed by atoms with van der Waals surface area (Å²) in [5.41, 5.74) is 5.56. The SMILES string of the molecule is CCCCC(=O)OC(C)C[C@@](N)(Cc1ccc(OC(=O)CC(C)CC)c(OC(=O)CC(C)CC)c1)C(=O)OC. The molecule has 3 unspecified atom stereocenters. The molecule has 0 amide bonds. The first-order valence-electron chi connectivity index (χ1n) is 14.0. The van der Waals surface area contributed by atoms with Gasteiger partial charge >= 0.3 is 23.9 Å². The van der Waals surface area contributed by atoms with Gasteiger partial charge in [-0.05, 0) is 42.9 Å². The molecule has 9 nitrogen and oxygen atoms in total. The zero-order chi connectivity index (χ0) is 29.6. The summed E-state index contributed by atoms with van der Waals surface area (Å²) in [6.07, 6.45) is 3.31. The van der Waals surface area contributed by atoms with Gasteiger partial charge in [-0.25, -0.2) is 0 Å². The lowest BCUT2D eigenvalue weighted by Gasteiger charge is -2.29. The zero-order valence-corrected chi connectivity index (χ0v) is 24.7. The molecule has 0 saturated carbocycles. The van der Waals surface area contributed by atoms with Crippen LogP contribution in [0.1, 0.15) is 98.5 Å². The van der Waals surface area contributed by atoms with Gasteiger partial charge in [0.25, 0.3) is 0 Å². The number of carbonyl (C=O) groups excluding carboxylic acids is 4. The molecule has 0 spiro atoms. The Bertz CT molecular complexity index is 962. The van der Waals surface area contributed by atoms with Crippen LogP contribution in [0.4, 0.5) is 0 Å².